The van der Waals surface area contributed by atoms with Crippen LogP contribution in [0, 0.1) is 5.92 Å². The molecule has 0 aliphatic carbocycles. The minimum absolute atomic E-state index is 0.393. The van der Waals surface area contributed by atoms with Gasteiger partial charge in [-0.25, -0.2) is 0 Å². The molecule has 2 unspecified atom stereocenters. The van der Waals surface area contributed by atoms with Crippen LogP contribution in [-0.2, 0) is 9.47 Å². The largest absolute Gasteiger partial charge is 0.381 e. The Labute approximate surface area is 87.2 Å². The molecule has 0 radical (unpaired) electrons. The number of hydrogen-bond donors (Lipinski definition) is 1. The van der Waals surface area contributed by atoms with Crippen LogP contribution in [0.2, 0.25) is 0 Å². The summed E-state index contributed by atoms with van der Waals surface area (Å²) in [6.45, 7) is 5.93. The van der Waals surface area contributed by atoms with Crippen molar-refractivity contribution in [3.63, 3.8) is 0 Å². The van der Waals surface area contributed by atoms with E-state index in [0.717, 1.165) is 32.8 Å². The van der Waals surface area contributed by atoms with Gasteiger partial charge >= 0.3 is 0 Å². The van der Waals surface area contributed by atoms with Crippen LogP contribution >= 0.6 is 0 Å². The molecule has 0 aromatic carbocycles. The van der Waals surface area contributed by atoms with Crippen molar-refractivity contribution in [1.82, 2.24) is 5.32 Å². The molecule has 1 N–H and O–H groups in total. The van der Waals surface area contributed by atoms with E-state index in [1.165, 1.54) is 12.8 Å². The molecule has 3 heteroatoms. The molecule has 0 aromatic heterocycles. The molecule has 1 aliphatic rings. The maximum Gasteiger partial charge on any atom is 0.0547 e. The summed E-state index contributed by atoms with van der Waals surface area (Å²) in [6, 6.07) is 0. The van der Waals surface area contributed by atoms with Gasteiger partial charge in [0.25, 0.3) is 0 Å². The van der Waals surface area contributed by atoms with Gasteiger partial charge in [-0.05, 0) is 39.8 Å². The number of ether oxygens (including phenoxy) is 2. The highest BCUT2D eigenvalue weighted by atomic mass is 16.5. The number of rotatable bonds is 7. The third kappa shape index (κ3) is 4.94. The molecule has 0 saturated carbocycles. The lowest BCUT2D eigenvalue weighted by molar-refractivity contribution is 0.0313. The van der Waals surface area contributed by atoms with E-state index >= 15 is 0 Å². The Bertz CT molecular complexity index is 135. The second-order valence-corrected chi connectivity index (χ2v) is 4.12. The number of hydrogen-bond acceptors (Lipinski definition) is 3. The van der Waals surface area contributed by atoms with Crippen LogP contribution < -0.4 is 5.32 Å². The zero-order valence-corrected chi connectivity index (χ0v) is 9.42. The van der Waals surface area contributed by atoms with Crippen molar-refractivity contribution in [2.24, 2.45) is 5.92 Å². The Morgan fingerprint density at radius 2 is 2.43 bits per heavy atom. The molecule has 0 bridgehead atoms. The third-order valence-electron chi connectivity index (χ3n) is 2.68. The van der Waals surface area contributed by atoms with Crippen LogP contribution in [0.4, 0.5) is 0 Å². The quantitative estimate of drug-likeness (QED) is 0.632. The summed E-state index contributed by atoms with van der Waals surface area (Å²) in [5.74, 6) is 0.641. The molecule has 1 heterocycles. The van der Waals surface area contributed by atoms with E-state index in [-0.39, 0.29) is 0 Å². The Balaban J connectivity index is 1.93. The average molecular weight is 201 g/mol. The molecule has 0 aromatic rings. The van der Waals surface area contributed by atoms with Crippen molar-refractivity contribution < 1.29 is 9.47 Å². The SMILES string of the molecule is CNCCCC(C)OCC1CCOC1. The highest BCUT2D eigenvalue weighted by molar-refractivity contribution is 4.64. The molecular weight excluding hydrogens is 178 g/mol. The lowest BCUT2D eigenvalue weighted by Crippen LogP contribution is -2.17. The summed E-state index contributed by atoms with van der Waals surface area (Å²) < 4.78 is 11.1. The monoisotopic (exact) mass is 201 g/mol. The van der Waals surface area contributed by atoms with Crippen LogP contribution in [0.3, 0.4) is 0 Å². The first kappa shape index (κ1) is 12.0. The van der Waals surface area contributed by atoms with E-state index in [4.69, 9.17) is 9.47 Å². The third-order valence-corrected chi connectivity index (χ3v) is 2.68. The Hall–Kier alpha value is -0.120. The van der Waals surface area contributed by atoms with Crippen LogP contribution in [0.5, 0.6) is 0 Å². The topological polar surface area (TPSA) is 30.5 Å². The van der Waals surface area contributed by atoms with E-state index in [0.29, 0.717) is 12.0 Å². The standard InChI is InChI=1S/C11H23NO2/c1-10(4-3-6-12-2)14-9-11-5-7-13-8-11/h10-12H,3-9H2,1-2H3. The summed E-state index contributed by atoms with van der Waals surface area (Å²) in [7, 11) is 1.99. The van der Waals surface area contributed by atoms with E-state index in [1.54, 1.807) is 0 Å². The Morgan fingerprint density at radius 1 is 1.57 bits per heavy atom. The zero-order chi connectivity index (χ0) is 10.2. The van der Waals surface area contributed by atoms with Crippen molar-refractivity contribution in [2.75, 3.05) is 33.4 Å². The van der Waals surface area contributed by atoms with Crippen molar-refractivity contribution in [3.8, 4) is 0 Å². The van der Waals surface area contributed by atoms with E-state index in [9.17, 15) is 0 Å². The summed E-state index contributed by atoms with van der Waals surface area (Å²) in [5, 5.41) is 3.14. The molecule has 1 saturated heterocycles. The average Bonchev–Trinajstić information content (AvgIpc) is 2.68. The maximum atomic E-state index is 5.76. The zero-order valence-electron chi connectivity index (χ0n) is 9.42. The van der Waals surface area contributed by atoms with Crippen LogP contribution in [0.25, 0.3) is 0 Å². The Kier molecular flexibility index (Phi) is 6.15. The van der Waals surface area contributed by atoms with Crippen molar-refractivity contribution in [3.05, 3.63) is 0 Å². The maximum absolute atomic E-state index is 5.76. The van der Waals surface area contributed by atoms with Gasteiger partial charge < -0.3 is 14.8 Å². The second-order valence-electron chi connectivity index (χ2n) is 4.12. The van der Waals surface area contributed by atoms with Crippen molar-refractivity contribution in [1.29, 1.82) is 0 Å². The van der Waals surface area contributed by atoms with Gasteiger partial charge in [-0.3, -0.25) is 0 Å². The van der Waals surface area contributed by atoms with Gasteiger partial charge in [0.05, 0.1) is 19.3 Å². The molecule has 0 amide bonds. The normalized spacial score (nSPS) is 24.0. The van der Waals surface area contributed by atoms with Crippen molar-refractivity contribution in [2.45, 2.75) is 32.3 Å². The number of nitrogens with one attached hydrogen (secondary N) is 1. The fraction of sp³-hybridized carbons (Fsp3) is 1.00. The van der Waals surface area contributed by atoms with E-state index in [2.05, 4.69) is 12.2 Å². The van der Waals surface area contributed by atoms with Crippen LogP contribution in [-0.4, -0.2) is 39.5 Å². The highest BCUT2D eigenvalue weighted by Crippen LogP contribution is 2.14. The predicted octanol–water partition coefficient (Wildman–Crippen LogP) is 1.43. The fourth-order valence-corrected chi connectivity index (χ4v) is 1.66. The lowest BCUT2D eigenvalue weighted by atomic mass is 10.1. The van der Waals surface area contributed by atoms with Gasteiger partial charge in [0.2, 0.25) is 0 Å². The lowest BCUT2D eigenvalue weighted by Gasteiger charge is -2.15. The van der Waals surface area contributed by atoms with Gasteiger partial charge in [-0.2, -0.15) is 0 Å². The first-order chi connectivity index (χ1) is 6.83. The summed E-state index contributed by atoms with van der Waals surface area (Å²) in [4.78, 5) is 0. The molecule has 0 spiro atoms. The van der Waals surface area contributed by atoms with Gasteiger partial charge in [0.15, 0.2) is 0 Å². The molecular formula is C11H23NO2. The second kappa shape index (κ2) is 7.21. The highest BCUT2D eigenvalue weighted by Gasteiger charge is 2.16. The molecule has 3 nitrogen and oxygen atoms in total. The first-order valence-electron chi connectivity index (χ1n) is 5.67. The minimum Gasteiger partial charge on any atom is -0.381 e. The van der Waals surface area contributed by atoms with Gasteiger partial charge in [0.1, 0.15) is 0 Å². The van der Waals surface area contributed by atoms with E-state index < -0.39 is 0 Å². The van der Waals surface area contributed by atoms with Crippen LogP contribution in [0.15, 0.2) is 0 Å². The molecule has 2 atom stereocenters. The van der Waals surface area contributed by atoms with Crippen molar-refractivity contribution >= 4 is 0 Å². The summed E-state index contributed by atoms with van der Waals surface area (Å²) in [5.41, 5.74) is 0. The first-order valence-corrected chi connectivity index (χ1v) is 5.67. The molecule has 1 fully saturated rings. The van der Waals surface area contributed by atoms with E-state index in [1.807, 2.05) is 7.05 Å². The molecule has 84 valence electrons. The smallest absolute Gasteiger partial charge is 0.0547 e. The van der Waals surface area contributed by atoms with Gasteiger partial charge in [-0.1, -0.05) is 0 Å². The van der Waals surface area contributed by atoms with Gasteiger partial charge in [0, 0.05) is 12.5 Å². The minimum atomic E-state index is 0.393. The molecule has 1 aliphatic heterocycles. The van der Waals surface area contributed by atoms with Gasteiger partial charge in [-0.15, -0.1) is 0 Å². The predicted molar refractivity (Wildman–Crippen MR) is 57.5 cm³/mol. The molecule has 1 rings (SSSR count). The molecule has 14 heavy (non-hydrogen) atoms. The Morgan fingerprint density at radius 3 is 3.07 bits per heavy atom. The summed E-state index contributed by atoms with van der Waals surface area (Å²) in [6.07, 6.45) is 3.90. The fourth-order valence-electron chi connectivity index (χ4n) is 1.66. The van der Waals surface area contributed by atoms with Crippen LogP contribution in [0.1, 0.15) is 26.2 Å². The summed E-state index contributed by atoms with van der Waals surface area (Å²) >= 11 is 0.